The minimum Gasteiger partial charge on any atom is -0.481 e. The van der Waals surface area contributed by atoms with Crippen LogP contribution in [0.5, 0.6) is 5.75 Å². The number of rotatable bonds is 11. The molecule has 3 heterocycles. The van der Waals surface area contributed by atoms with Gasteiger partial charge in [-0.15, -0.1) is 0 Å². The maximum atomic E-state index is 13.6. The number of Topliss-reactive ketones (excluding diaryl/α,β-unsaturated/α-hetero) is 2. The Kier molecular flexibility index (Phi) is 8.73. The lowest BCUT2D eigenvalue weighted by Crippen LogP contribution is -2.35. The number of morpholine rings is 1. The number of halogens is 1. The van der Waals surface area contributed by atoms with Crippen molar-refractivity contribution in [3.63, 3.8) is 0 Å². The first-order valence-electron chi connectivity index (χ1n) is 13.3. The number of hydrogen-bond acceptors (Lipinski definition) is 7. The maximum absolute atomic E-state index is 13.6. The first kappa shape index (κ1) is 27.4. The van der Waals surface area contributed by atoms with E-state index in [4.69, 9.17) is 9.47 Å². The molecule has 0 radical (unpaired) electrons. The smallest absolute Gasteiger partial charge is 0.301 e. The highest BCUT2D eigenvalue weighted by atomic mass is 19.1. The molecule has 0 amide bonds. The van der Waals surface area contributed by atoms with Crippen LogP contribution < -0.4 is 10.3 Å². The number of aromatic nitrogens is 2. The van der Waals surface area contributed by atoms with E-state index >= 15 is 0 Å². The number of pyridine rings is 1. The van der Waals surface area contributed by atoms with Crippen molar-refractivity contribution in [1.82, 2.24) is 14.3 Å². The molecular weight excluding hydrogens is 513 g/mol. The van der Waals surface area contributed by atoms with Gasteiger partial charge in [0.2, 0.25) is 5.75 Å². The largest absolute Gasteiger partial charge is 0.481 e. The second kappa shape index (κ2) is 12.8. The Hall–Kier alpha value is -4.21. The molecule has 0 aliphatic carbocycles. The van der Waals surface area contributed by atoms with Crippen LogP contribution in [0.25, 0.3) is 5.65 Å². The van der Waals surface area contributed by atoms with Crippen LogP contribution in [0.3, 0.4) is 0 Å². The summed E-state index contributed by atoms with van der Waals surface area (Å²) in [6, 6.07) is 18.6. The van der Waals surface area contributed by atoms with Crippen molar-refractivity contribution in [3.8, 4) is 5.75 Å². The monoisotopic (exact) mass is 543 g/mol. The molecule has 0 spiro atoms. The van der Waals surface area contributed by atoms with Gasteiger partial charge in [-0.3, -0.25) is 23.7 Å². The van der Waals surface area contributed by atoms with Crippen LogP contribution in [0.1, 0.15) is 40.0 Å². The first-order chi connectivity index (χ1) is 19.5. The fourth-order valence-electron chi connectivity index (χ4n) is 4.62. The van der Waals surface area contributed by atoms with Gasteiger partial charge >= 0.3 is 5.56 Å². The molecule has 1 aliphatic rings. The van der Waals surface area contributed by atoms with Gasteiger partial charge in [0, 0.05) is 45.1 Å². The standard InChI is InChI=1S/C31H30FN3O5/c32-25-9-6-22(7-10-25)18-26(36)11-12-27(37)29-30(40-21-23-4-2-1-3-5-23)31(38)35-20-24(8-13-28(35)33-29)19-34-14-16-39-17-15-34/h1-10,13,20H,11-12,14-19,21H2. The Bertz CT molecular complexity index is 1550. The Morgan fingerprint density at radius 2 is 1.62 bits per heavy atom. The highest BCUT2D eigenvalue weighted by Crippen LogP contribution is 2.19. The van der Waals surface area contributed by atoms with Crippen molar-refractivity contribution >= 4 is 17.2 Å². The van der Waals surface area contributed by atoms with Gasteiger partial charge in [-0.2, -0.15) is 0 Å². The topological polar surface area (TPSA) is 90.2 Å². The summed E-state index contributed by atoms with van der Waals surface area (Å²) in [4.78, 5) is 46.2. The molecule has 1 saturated heterocycles. The predicted molar refractivity (Wildman–Crippen MR) is 147 cm³/mol. The van der Waals surface area contributed by atoms with E-state index in [9.17, 15) is 18.8 Å². The lowest BCUT2D eigenvalue weighted by atomic mass is 10.0. The summed E-state index contributed by atoms with van der Waals surface area (Å²) < 4.78 is 25.9. The minimum absolute atomic E-state index is 0.0339. The molecule has 40 heavy (non-hydrogen) atoms. The molecule has 1 aliphatic heterocycles. The zero-order chi connectivity index (χ0) is 27.9. The van der Waals surface area contributed by atoms with E-state index in [0.717, 1.165) is 24.2 Å². The summed E-state index contributed by atoms with van der Waals surface area (Å²) in [7, 11) is 0. The first-order valence-corrected chi connectivity index (χ1v) is 13.3. The van der Waals surface area contributed by atoms with Crippen molar-refractivity contribution < 1.29 is 23.5 Å². The Morgan fingerprint density at radius 1 is 0.900 bits per heavy atom. The quantitative estimate of drug-likeness (QED) is 0.264. The molecule has 0 saturated carbocycles. The zero-order valence-corrected chi connectivity index (χ0v) is 22.1. The summed E-state index contributed by atoms with van der Waals surface area (Å²) in [5.74, 6) is -1.14. The van der Waals surface area contributed by atoms with Crippen LogP contribution in [0.2, 0.25) is 0 Å². The fraction of sp³-hybridized carbons (Fsp3) is 0.290. The van der Waals surface area contributed by atoms with Gasteiger partial charge in [-0.25, -0.2) is 9.37 Å². The Morgan fingerprint density at radius 3 is 2.38 bits per heavy atom. The minimum atomic E-state index is -0.481. The molecule has 1 fully saturated rings. The number of ketones is 2. The number of benzene rings is 2. The van der Waals surface area contributed by atoms with Crippen molar-refractivity contribution in [2.75, 3.05) is 26.3 Å². The molecule has 0 bridgehead atoms. The van der Waals surface area contributed by atoms with Crippen LogP contribution >= 0.6 is 0 Å². The SMILES string of the molecule is O=C(CCC(=O)c1nc2ccc(CN3CCOCC3)cn2c(=O)c1OCc1ccccc1)Cc1ccc(F)cc1. The fourth-order valence-corrected chi connectivity index (χ4v) is 4.62. The number of hydrogen-bond donors (Lipinski definition) is 0. The molecule has 4 aromatic rings. The van der Waals surface area contributed by atoms with Crippen LogP contribution in [-0.2, 0) is 29.1 Å². The zero-order valence-electron chi connectivity index (χ0n) is 22.1. The number of fused-ring (bicyclic) bond motifs is 1. The van der Waals surface area contributed by atoms with Crippen LogP contribution in [-0.4, -0.2) is 52.2 Å². The average molecular weight is 544 g/mol. The van der Waals surface area contributed by atoms with Gasteiger partial charge in [-0.1, -0.05) is 48.5 Å². The van der Waals surface area contributed by atoms with E-state index in [-0.39, 0.29) is 48.9 Å². The lowest BCUT2D eigenvalue weighted by Gasteiger charge is -2.26. The molecule has 2 aromatic heterocycles. The van der Waals surface area contributed by atoms with E-state index < -0.39 is 11.3 Å². The van der Waals surface area contributed by atoms with Crippen molar-refractivity contribution in [2.45, 2.75) is 32.4 Å². The number of ether oxygens (including phenoxy) is 2. The summed E-state index contributed by atoms with van der Waals surface area (Å²) >= 11 is 0. The van der Waals surface area contributed by atoms with Gasteiger partial charge in [0.05, 0.1) is 13.2 Å². The summed E-state index contributed by atoms with van der Waals surface area (Å²) in [5.41, 5.74) is 2.19. The van der Waals surface area contributed by atoms with E-state index in [1.165, 1.54) is 16.5 Å². The van der Waals surface area contributed by atoms with Gasteiger partial charge in [0.25, 0.3) is 0 Å². The highest BCUT2D eigenvalue weighted by molar-refractivity contribution is 5.99. The highest BCUT2D eigenvalue weighted by Gasteiger charge is 2.22. The van der Waals surface area contributed by atoms with Crippen molar-refractivity contribution in [2.24, 2.45) is 0 Å². The second-order valence-corrected chi connectivity index (χ2v) is 9.79. The van der Waals surface area contributed by atoms with E-state index in [1.807, 2.05) is 36.4 Å². The average Bonchev–Trinajstić information content (AvgIpc) is 2.98. The molecule has 0 atom stereocenters. The van der Waals surface area contributed by atoms with Gasteiger partial charge < -0.3 is 9.47 Å². The third kappa shape index (κ3) is 6.86. The maximum Gasteiger partial charge on any atom is 0.301 e. The Balaban J connectivity index is 1.38. The third-order valence-electron chi connectivity index (χ3n) is 6.79. The number of carbonyl (C=O) groups excluding carboxylic acids is 2. The van der Waals surface area contributed by atoms with Crippen LogP contribution in [0, 0.1) is 5.82 Å². The molecule has 0 N–H and O–H groups in total. The molecule has 206 valence electrons. The second-order valence-electron chi connectivity index (χ2n) is 9.79. The Labute approximate surface area is 231 Å². The number of nitrogens with zero attached hydrogens (tertiary/aromatic N) is 3. The van der Waals surface area contributed by atoms with E-state index in [2.05, 4.69) is 9.88 Å². The predicted octanol–water partition coefficient (Wildman–Crippen LogP) is 4.02. The number of carbonyl (C=O) groups is 2. The lowest BCUT2D eigenvalue weighted by molar-refractivity contribution is -0.118. The van der Waals surface area contributed by atoms with Crippen molar-refractivity contribution in [3.05, 3.63) is 111 Å². The van der Waals surface area contributed by atoms with E-state index in [0.29, 0.717) is 31.0 Å². The van der Waals surface area contributed by atoms with Gasteiger partial charge in [0.1, 0.15) is 23.9 Å². The molecule has 0 unspecified atom stereocenters. The summed E-state index contributed by atoms with van der Waals surface area (Å²) in [6.07, 6.45) is 1.66. The normalized spacial score (nSPS) is 13.8. The third-order valence-corrected chi connectivity index (χ3v) is 6.79. The molecule has 2 aromatic carbocycles. The molecular formula is C31H30FN3O5. The molecule has 8 nitrogen and oxygen atoms in total. The molecule has 9 heteroatoms. The van der Waals surface area contributed by atoms with Crippen LogP contribution in [0.15, 0.2) is 77.7 Å². The van der Waals surface area contributed by atoms with Gasteiger partial charge in [-0.05, 0) is 34.9 Å². The van der Waals surface area contributed by atoms with Crippen LogP contribution in [0.4, 0.5) is 4.39 Å². The summed E-state index contributed by atoms with van der Waals surface area (Å²) in [6.45, 7) is 3.70. The van der Waals surface area contributed by atoms with E-state index in [1.54, 1.807) is 24.4 Å². The molecule has 5 rings (SSSR count). The van der Waals surface area contributed by atoms with Gasteiger partial charge in [0.15, 0.2) is 11.5 Å². The summed E-state index contributed by atoms with van der Waals surface area (Å²) in [5, 5.41) is 0. The van der Waals surface area contributed by atoms with Crippen molar-refractivity contribution in [1.29, 1.82) is 0 Å².